The minimum Gasteiger partial charge on any atom is -0.322 e. The van der Waals surface area contributed by atoms with Crippen molar-refractivity contribution in [2.75, 3.05) is 0 Å². The van der Waals surface area contributed by atoms with Crippen LogP contribution in [0.2, 0.25) is 5.02 Å². The van der Waals surface area contributed by atoms with Crippen molar-refractivity contribution >= 4 is 22.6 Å². The average molecular weight is 451 g/mol. The molecule has 0 radical (unpaired) electrons. The summed E-state index contributed by atoms with van der Waals surface area (Å²) in [4.78, 5) is 21.0. The Morgan fingerprint density at radius 3 is 2.31 bits per heavy atom. The summed E-state index contributed by atoms with van der Waals surface area (Å²) in [5.74, 6) is -0.351. The molecule has 2 aromatic heterocycles. The van der Waals surface area contributed by atoms with E-state index in [1.165, 1.54) is 28.9 Å². The van der Waals surface area contributed by atoms with Crippen molar-refractivity contribution in [1.29, 1.82) is 0 Å². The molecule has 5 nitrogen and oxygen atoms in total. The van der Waals surface area contributed by atoms with Crippen LogP contribution in [-0.4, -0.2) is 19.7 Å². The molecule has 0 spiro atoms. The van der Waals surface area contributed by atoms with Crippen LogP contribution in [0.1, 0.15) is 11.1 Å². The van der Waals surface area contributed by atoms with Crippen molar-refractivity contribution in [3.8, 4) is 17.2 Å². The van der Waals surface area contributed by atoms with Crippen LogP contribution < -0.4 is 5.56 Å². The Kier molecular flexibility index (Phi) is 5.11. The quantitative estimate of drug-likeness (QED) is 0.375. The third kappa shape index (κ3) is 3.83. The highest BCUT2D eigenvalue weighted by Gasteiger charge is 2.19. The molecule has 5 aromatic rings. The molecule has 0 atom stereocenters. The van der Waals surface area contributed by atoms with Gasteiger partial charge in [-0.2, -0.15) is 4.68 Å². The van der Waals surface area contributed by atoms with Gasteiger partial charge < -0.3 is 4.98 Å². The minimum atomic E-state index is -0.363. The number of nitrogens with one attached hydrogen (secondary N) is 2. The minimum absolute atomic E-state index is 0.267. The number of imidazole rings is 1. The predicted octanol–water partition coefficient (Wildman–Crippen LogP) is 5.43. The summed E-state index contributed by atoms with van der Waals surface area (Å²) in [6.45, 7) is 0. The molecular formula is C24H17ClF2N4O. The van der Waals surface area contributed by atoms with E-state index in [9.17, 15) is 13.6 Å². The Hall–Kier alpha value is -3.71. The van der Waals surface area contributed by atoms with Gasteiger partial charge in [-0.25, -0.2) is 13.8 Å². The van der Waals surface area contributed by atoms with Crippen molar-refractivity contribution in [3.63, 3.8) is 0 Å². The van der Waals surface area contributed by atoms with E-state index in [0.717, 1.165) is 5.56 Å². The predicted molar refractivity (Wildman–Crippen MR) is 120 cm³/mol. The van der Waals surface area contributed by atoms with Gasteiger partial charge in [-0.15, -0.1) is 0 Å². The van der Waals surface area contributed by atoms with E-state index in [4.69, 9.17) is 11.6 Å². The Morgan fingerprint density at radius 1 is 0.906 bits per heavy atom. The van der Waals surface area contributed by atoms with Gasteiger partial charge in [0, 0.05) is 16.1 Å². The van der Waals surface area contributed by atoms with Crippen molar-refractivity contribution in [2.24, 2.45) is 0 Å². The average Bonchev–Trinajstić information content (AvgIpc) is 3.34. The molecule has 2 heterocycles. The van der Waals surface area contributed by atoms with Gasteiger partial charge in [0.1, 0.15) is 11.6 Å². The maximum Gasteiger partial charge on any atom is 0.277 e. The molecule has 0 aliphatic rings. The molecule has 8 heteroatoms. The number of H-pyrrole nitrogens is 2. The lowest BCUT2D eigenvalue weighted by atomic mass is 10.0. The van der Waals surface area contributed by atoms with E-state index in [1.54, 1.807) is 42.5 Å². The number of benzene rings is 3. The number of hydrogen-bond donors (Lipinski definition) is 2. The lowest BCUT2D eigenvalue weighted by molar-refractivity contribution is 0.626. The van der Waals surface area contributed by atoms with Crippen LogP contribution in [0.15, 0.2) is 71.5 Å². The molecule has 0 aliphatic carbocycles. The summed E-state index contributed by atoms with van der Waals surface area (Å²) in [7, 11) is 0. The Bertz CT molecular complexity index is 1470. The van der Waals surface area contributed by atoms with Crippen molar-refractivity contribution < 1.29 is 8.78 Å². The van der Waals surface area contributed by atoms with Gasteiger partial charge >= 0.3 is 0 Å². The summed E-state index contributed by atoms with van der Waals surface area (Å²) in [5.41, 5.74) is 3.79. The lowest BCUT2D eigenvalue weighted by Crippen LogP contribution is -2.18. The second-order valence-electron chi connectivity index (χ2n) is 7.46. The molecule has 32 heavy (non-hydrogen) atoms. The molecular weight excluding hydrogens is 434 g/mol. The summed E-state index contributed by atoms with van der Waals surface area (Å²) in [6, 6.07) is 17.3. The topological polar surface area (TPSA) is 66.5 Å². The van der Waals surface area contributed by atoms with Crippen LogP contribution in [-0.2, 0) is 12.8 Å². The van der Waals surface area contributed by atoms with Crippen LogP contribution in [0.3, 0.4) is 0 Å². The maximum atomic E-state index is 13.5. The van der Waals surface area contributed by atoms with Crippen LogP contribution in [0.4, 0.5) is 8.78 Å². The van der Waals surface area contributed by atoms with E-state index in [2.05, 4.69) is 15.1 Å². The molecule has 5 rings (SSSR count). The summed E-state index contributed by atoms with van der Waals surface area (Å²) in [6.07, 6.45) is 0.948. The van der Waals surface area contributed by atoms with Gasteiger partial charge in [-0.3, -0.25) is 9.89 Å². The highest BCUT2D eigenvalue weighted by molar-refractivity contribution is 6.31. The molecule has 0 fully saturated rings. The number of fused-ring (bicyclic) bond motifs is 1. The van der Waals surface area contributed by atoms with E-state index >= 15 is 0 Å². The second-order valence-corrected chi connectivity index (χ2v) is 7.90. The van der Waals surface area contributed by atoms with Crippen LogP contribution >= 0.6 is 11.6 Å². The molecule has 160 valence electrons. The third-order valence-electron chi connectivity index (χ3n) is 5.34. The van der Waals surface area contributed by atoms with Gasteiger partial charge in [0.15, 0.2) is 0 Å². The van der Waals surface area contributed by atoms with Gasteiger partial charge in [0.25, 0.3) is 5.56 Å². The van der Waals surface area contributed by atoms with Crippen LogP contribution in [0.5, 0.6) is 0 Å². The number of aryl methyl sites for hydroxylation is 1. The number of aromatic amines is 2. The smallest absolute Gasteiger partial charge is 0.277 e. The number of nitrogens with zero attached hydrogens (tertiary/aromatic N) is 2. The highest BCUT2D eigenvalue weighted by Crippen LogP contribution is 2.24. The molecule has 0 unspecified atom stereocenters. The fourth-order valence-electron chi connectivity index (χ4n) is 3.70. The first-order valence-electron chi connectivity index (χ1n) is 9.98. The highest BCUT2D eigenvalue weighted by atomic mass is 35.5. The Morgan fingerprint density at radius 2 is 1.59 bits per heavy atom. The zero-order valence-electron chi connectivity index (χ0n) is 16.7. The molecule has 0 saturated carbocycles. The fourth-order valence-corrected chi connectivity index (χ4v) is 3.88. The van der Waals surface area contributed by atoms with Gasteiger partial charge in [-0.05, 0) is 73.0 Å². The second kappa shape index (κ2) is 8.09. The van der Waals surface area contributed by atoms with Crippen molar-refractivity contribution in [1.82, 2.24) is 19.7 Å². The number of halogens is 3. The van der Waals surface area contributed by atoms with E-state index in [0.29, 0.717) is 51.7 Å². The number of rotatable bonds is 5. The van der Waals surface area contributed by atoms with Crippen LogP contribution in [0, 0.1) is 11.6 Å². The Balaban J connectivity index is 1.59. The maximum absolute atomic E-state index is 13.5. The van der Waals surface area contributed by atoms with Crippen molar-refractivity contribution in [2.45, 2.75) is 12.8 Å². The van der Waals surface area contributed by atoms with Gasteiger partial charge in [0.2, 0.25) is 5.95 Å². The van der Waals surface area contributed by atoms with E-state index < -0.39 is 0 Å². The van der Waals surface area contributed by atoms with E-state index in [1.807, 2.05) is 0 Å². The normalized spacial score (nSPS) is 11.3. The molecule has 0 bridgehead atoms. The fraction of sp³-hybridized carbons (Fsp3) is 0.0833. The van der Waals surface area contributed by atoms with Gasteiger partial charge in [-0.1, -0.05) is 23.7 Å². The first-order chi connectivity index (χ1) is 15.5. The molecule has 3 aromatic carbocycles. The Labute approximate surface area is 186 Å². The molecule has 0 aliphatic heterocycles. The first-order valence-corrected chi connectivity index (χ1v) is 10.4. The third-order valence-corrected chi connectivity index (χ3v) is 5.57. The zero-order valence-corrected chi connectivity index (χ0v) is 17.5. The number of hydrogen-bond acceptors (Lipinski definition) is 2. The largest absolute Gasteiger partial charge is 0.322 e. The number of aromatic nitrogens is 4. The SMILES string of the molecule is O=c1c(CCc2ccc(F)cc2)c(-c2ccc(F)cc2)[nH]n1-c1nc2ccc(Cl)cc2[nH]1. The molecule has 2 N–H and O–H groups in total. The first kappa shape index (κ1) is 20.2. The van der Waals surface area contributed by atoms with Crippen molar-refractivity contribution in [3.05, 3.63) is 105 Å². The van der Waals surface area contributed by atoms with E-state index in [-0.39, 0.29) is 17.2 Å². The summed E-state index contributed by atoms with van der Waals surface area (Å²) >= 11 is 6.06. The lowest BCUT2D eigenvalue weighted by Gasteiger charge is -2.04. The van der Waals surface area contributed by atoms with Gasteiger partial charge in [0.05, 0.1) is 16.7 Å². The molecule has 0 saturated heterocycles. The molecule has 0 amide bonds. The summed E-state index contributed by atoms with van der Waals surface area (Å²) in [5, 5.41) is 3.67. The monoisotopic (exact) mass is 450 g/mol. The van der Waals surface area contributed by atoms with Crippen LogP contribution in [0.25, 0.3) is 28.2 Å². The summed E-state index contributed by atoms with van der Waals surface area (Å²) < 4.78 is 28.0. The zero-order chi connectivity index (χ0) is 22.2. The standard InChI is InChI=1S/C24H17ClF2N4O/c25-16-6-12-20-21(13-16)29-24(28-20)31-23(32)19(11-3-14-1-7-17(26)8-2-14)22(30-31)15-4-9-18(27)10-5-15/h1-2,4-10,12-13,30H,3,11H2,(H,28,29).